The van der Waals surface area contributed by atoms with Crippen molar-refractivity contribution in [3.63, 3.8) is 0 Å². The van der Waals surface area contributed by atoms with E-state index in [-0.39, 0.29) is 11.9 Å². The molecule has 1 atom stereocenters. The molecule has 1 nitrogen and oxygen atoms in total. The van der Waals surface area contributed by atoms with E-state index >= 15 is 0 Å². The van der Waals surface area contributed by atoms with E-state index in [1.165, 1.54) is 22.8 Å². The molecule has 0 aliphatic rings. The molecule has 2 rings (SSSR count). The van der Waals surface area contributed by atoms with Crippen molar-refractivity contribution in [1.82, 2.24) is 5.32 Å². The summed E-state index contributed by atoms with van der Waals surface area (Å²) in [5.41, 5.74) is 5.57. The van der Waals surface area contributed by atoms with Crippen molar-refractivity contribution in [2.45, 2.75) is 33.7 Å². The third kappa shape index (κ3) is 2.91. The van der Waals surface area contributed by atoms with Gasteiger partial charge in [-0.15, -0.1) is 0 Å². The highest BCUT2D eigenvalue weighted by Crippen LogP contribution is 2.28. The largest absolute Gasteiger partial charge is 0.306 e. The van der Waals surface area contributed by atoms with Gasteiger partial charge in [0.15, 0.2) is 0 Å². The number of hydrogen-bond acceptors (Lipinski definition) is 1. The third-order valence-corrected chi connectivity index (χ3v) is 3.82. The quantitative estimate of drug-likeness (QED) is 0.866. The first-order valence-electron chi connectivity index (χ1n) is 7.10. The summed E-state index contributed by atoms with van der Waals surface area (Å²) >= 11 is 0. The number of halogens is 1. The Balaban J connectivity index is 2.54. The van der Waals surface area contributed by atoms with E-state index in [1.807, 2.05) is 19.1 Å². The second kappa shape index (κ2) is 6.19. The molecule has 106 valence electrons. The zero-order valence-electron chi connectivity index (χ0n) is 12.6. The van der Waals surface area contributed by atoms with Crippen molar-refractivity contribution in [3.05, 3.63) is 70.0 Å². The van der Waals surface area contributed by atoms with Gasteiger partial charge < -0.3 is 5.32 Å². The fraction of sp³-hybridized carbons (Fsp3) is 0.333. The van der Waals surface area contributed by atoms with Crippen LogP contribution in [0.15, 0.2) is 36.4 Å². The number of rotatable bonds is 4. The van der Waals surface area contributed by atoms with Crippen molar-refractivity contribution in [1.29, 1.82) is 0 Å². The van der Waals surface area contributed by atoms with Crippen LogP contribution in [-0.2, 0) is 0 Å². The van der Waals surface area contributed by atoms with Gasteiger partial charge in [-0.1, -0.05) is 37.3 Å². The minimum atomic E-state index is -0.156. The Morgan fingerprint density at radius 3 is 2.25 bits per heavy atom. The number of hydrogen-bond donors (Lipinski definition) is 1. The summed E-state index contributed by atoms with van der Waals surface area (Å²) in [4.78, 5) is 0. The summed E-state index contributed by atoms with van der Waals surface area (Å²) < 4.78 is 14.1. The SMILES string of the molecule is CCNC(c1cc(C)c(C)cc1C)c1ccccc1F. The Kier molecular flexibility index (Phi) is 4.56. The van der Waals surface area contributed by atoms with Crippen LogP contribution >= 0.6 is 0 Å². The molecular weight excluding hydrogens is 249 g/mol. The summed E-state index contributed by atoms with van der Waals surface area (Å²) in [6, 6.07) is 11.3. The molecule has 0 amide bonds. The standard InChI is InChI=1S/C18H22FN/c1-5-20-18(15-8-6-7-9-17(15)19)16-11-13(3)12(2)10-14(16)4/h6-11,18,20H,5H2,1-4H3. The maximum Gasteiger partial charge on any atom is 0.128 e. The van der Waals surface area contributed by atoms with Crippen LogP contribution in [0.1, 0.15) is 40.8 Å². The van der Waals surface area contributed by atoms with E-state index in [1.54, 1.807) is 6.07 Å². The third-order valence-electron chi connectivity index (χ3n) is 3.82. The first-order valence-corrected chi connectivity index (χ1v) is 7.10. The van der Waals surface area contributed by atoms with Crippen LogP contribution in [0.2, 0.25) is 0 Å². The summed E-state index contributed by atoms with van der Waals surface area (Å²) in [5, 5.41) is 3.40. The maximum atomic E-state index is 14.1. The van der Waals surface area contributed by atoms with E-state index in [9.17, 15) is 4.39 Å². The number of aryl methyl sites for hydroxylation is 3. The van der Waals surface area contributed by atoms with Crippen molar-refractivity contribution in [2.24, 2.45) is 0 Å². The highest BCUT2D eigenvalue weighted by molar-refractivity contribution is 5.42. The molecule has 1 unspecified atom stereocenters. The van der Waals surface area contributed by atoms with Crippen molar-refractivity contribution in [2.75, 3.05) is 6.54 Å². The Labute approximate surface area is 120 Å². The molecule has 0 saturated carbocycles. The zero-order chi connectivity index (χ0) is 14.7. The fourth-order valence-corrected chi connectivity index (χ4v) is 2.59. The van der Waals surface area contributed by atoms with Gasteiger partial charge in [-0.05, 0) is 55.6 Å². The second-order valence-electron chi connectivity index (χ2n) is 5.31. The van der Waals surface area contributed by atoms with E-state index in [0.717, 1.165) is 12.1 Å². The molecule has 0 heterocycles. The zero-order valence-corrected chi connectivity index (χ0v) is 12.6. The van der Waals surface area contributed by atoms with Crippen LogP contribution in [0.3, 0.4) is 0 Å². The molecule has 2 heteroatoms. The van der Waals surface area contributed by atoms with Crippen molar-refractivity contribution in [3.8, 4) is 0 Å². The average molecular weight is 271 g/mol. The molecule has 2 aromatic carbocycles. The van der Waals surface area contributed by atoms with E-state index in [2.05, 4.69) is 38.2 Å². The summed E-state index contributed by atoms with van der Waals surface area (Å²) in [6.45, 7) is 9.14. The Morgan fingerprint density at radius 1 is 0.950 bits per heavy atom. The van der Waals surface area contributed by atoms with Crippen LogP contribution in [0.5, 0.6) is 0 Å². The molecule has 0 bridgehead atoms. The molecule has 0 saturated heterocycles. The lowest BCUT2D eigenvalue weighted by Gasteiger charge is -2.22. The van der Waals surface area contributed by atoms with Crippen LogP contribution in [-0.4, -0.2) is 6.54 Å². The van der Waals surface area contributed by atoms with Crippen molar-refractivity contribution >= 4 is 0 Å². The van der Waals surface area contributed by atoms with E-state index in [4.69, 9.17) is 0 Å². The average Bonchev–Trinajstić information content (AvgIpc) is 2.42. The Bertz CT molecular complexity index is 604. The monoisotopic (exact) mass is 271 g/mol. The van der Waals surface area contributed by atoms with E-state index < -0.39 is 0 Å². The lowest BCUT2D eigenvalue weighted by atomic mass is 9.91. The second-order valence-corrected chi connectivity index (χ2v) is 5.31. The van der Waals surface area contributed by atoms with Gasteiger partial charge in [0.05, 0.1) is 6.04 Å². The van der Waals surface area contributed by atoms with Gasteiger partial charge in [-0.25, -0.2) is 4.39 Å². The van der Waals surface area contributed by atoms with Gasteiger partial charge in [-0.3, -0.25) is 0 Å². The maximum absolute atomic E-state index is 14.1. The van der Waals surface area contributed by atoms with E-state index in [0.29, 0.717) is 5.56 Å². The molecule has 20 heavy (non-hydrogen) atoms. The minimum absolute atomic E-state index is 0.0968. The molecule has 0 aliphatic heterocycles. The van der Waals surface area contributed by atoms with Gasteiger partial charge in [-0.2, -0.15) is 0 Å². The first kappa shape index (κ1) is 14.7. The highest BCUT2D eigenvalue weighted by atomic mass is 19.1. The van der Waals surface area contributed by atoms with Gasteiger partial charge >= 0.3 is 0 Å². The highest BCUT2D eigenvalue weighted by Gasteiger charge is 2.19. The molecule has 1 N–H and O–H groups in total. The Morgan fingerprint density at radius 2 is 1.60 bits per heavy atom. The van der Waals surface area contributed by atoms with Crippen LogP contribution in [0, 0.1) is 26.6 Å². The number of benzene rings is 2. The van der Waals surface area contributed by atoms with Gasteiger partial charge in [0.1, 0.15) is 5.82 Å². The van der Waals surface area contributed by atoms with Crippen LogP contribution < -0.4 is 5.32 Å². The predicted octanol–water partition coefficient (Wildman–Crippen LogP) is 4.45. The fourth-order valence-electron chi connectivity index (χ4n) is 2.59. The topological polar surface area (TPSA) is 12.0 Å². The lowest BCUT2D eigenvalue weighted by molar-refractivity contribution is 0.557. The summed E-state index contributed by atoms with van der Waals surface area (Å²) in [5.74, 6) is -0.156. The molecule has 0 spiro atoms. The smallest absolute Gasteiger partial charge is 0.128 e. The molecule has 2 aromatic rings. The lowest BCUT2D eigenvalue weighted by Crippen LogP contribution is -2.24. The number of nitrogens with one attached hydrogen (secondary N) is 1. The van der Waals surface area contributed by atoms with Gasteiger partial charge in [0.25, 0.3) is 0 Å². The molecular formula is C18H22FN. The van der Waals surface area contributed by atoms with Crippen LogP contribution in [0.25, 0.3) is 0 Å². The van der Waals surface area contributed by atoms with Gasteiger partial charge in [0, 0.05) is 5.56 Å². The summed E-state index contributed by atoms with van der Waals surface area (Å²) in [6.07, 6.45) is 0. The molecule has 0 aliphatic carbocycles. The first-order chi connectivity index (χ1) is 9.54. The molecule has 0 aromatic heterocycles. The predicted molar refractivity (Wildman–Crippen MR) is 82.6 cm³/mol. The van der Waals surface area contributed by atoms with Crippen LogP contribution in [0.4, 0.5) is 4.39 Å². The normalized spacial score (nSPS) is 12.4. The molecule has 0 fully saturated rings. The Hall–Kier alpha value is -1.67. The summed E-state index contributed by atoms with van der Waals surface area (Å²) in [7, 11) is 0. The molecule has 0 radical (unpaired) electrons. The van der Waals surface area contributed by atoms with Crippen molar-refractivity contribution < 1.29 is 4.39 Å². The van der Waals surface area contributed by atoms with Gasteiger partial charge in [0.2, 0.25) is 0 Å². The minimum Gasteiger partial charge on any atom is -0.306 e.